The molecule has 0 N–H and O–H groups in total. The summed E-state index contributed by atoms with van der Waals surface area (Å²) in [4.78, 5) is 0. The standard InChI is InChI=1S/C6H10O/c1-4-5-2-7-3-6(4)5/h4-6H,2-3H2,1H3/t5-,6-/m0/s1. The van der Waals surface area contributed by atoms with Crippen molar-refractivity contribution in [1.29, 1.82) is 0 Å². The Hall–Kier alpha value is -0.0400. The fourth-order valence-corrected chi connectivity index (χ4v) is 1.53. The Balaban J connectivity index is 2.06. The van der Waals surface area contributed by atoms with Crippen LogP contribution in [0.3, 0.4) is 0 Å². The van der Waals surface area contributed by atoms with E-state index in [1.807, 2.05) is 0 Å². The van der Waals surface area contributed by atoms with Gasteiger partial charge in [-0.1, -0.05) is 6.92 Å². The number of fused-ring (bicyclic) bond motifs is 1. The lowest BCUT2D eigenvalue weighted by Crippen LogP contribution is -1.93. The predicted molar refractivity (Wildman–Crippen MR) is 27.0 cm³/mol. The maximum atomic E-state index is 5.18. The van der Waals surface area contributed by atoms with E-state index in [0.717, 1.165) is 31.0 Å². The van der Waals surface area contributed by atoms with Crippen LogP contribution in [0, 0.1) is 17.8 Å². The maximum Gasteiger partial charge on any atom is 0.0500 e. The Labute approximate surface area is 43.7 Å². The van der Waals surface area contributed by atoms with Gasteiger partial charge in [-0.2, -0.15) is 0 Å². The monoisotopic (exact) mass is 98.1 g/mol. The van der Waals surface area contributed by atoms with Crippen molar-refractivity contribution < 1.29 is 4.74 Å². The van der Waals surface area contributed by atoms with E-state index in [1.165, 1.54) is 0 Å². The van der Waals surface area contributed by atoms with Crippen molar-refractivity contribution in [1.82, 2.24) is 0 Å². The lowest BCUT2D eigenvalue weighted by molar-refractivity contribution is 0.154. The highest BCUT2D eigenvalue weighted by Gasteiger charge is 2.50. The quantitative estimate of drug-likeness (QED) is 0.437. The molecule has 0 unspecified atom stereocenters. The van der Waals surface area contributed by atoms with E-state index in [2.05, 4.69) is 6.92 Å². The first kappa shape index (κ1) is 3.90. The summed E-state index contributed by atoms with van der Waals surface area (Å²) in [5, 5.41) is 0. The molecule has 0 amide bonds. The molecule has 2 atom stereocenters. The summed E-state index contributed by atoms with van der Waals surface area (Å²) in [5.74, 6) is 2.91. The Morgan fingerprint density at radius 1 is 1.29 bits per heavy atom. The van der Waals surface area contributed by atoms with E-state index in [0.29, 0.717) is 0 Å². The van der Waals surface area contributed by atoms with Crippen molar-refractivity contribution in [3.05, 3.63) is 0 Å². The summed E-state index contributed by atoms with van der Waals surface area (Å²) < 4.78 is 5.18. The normalized spacial score (nSPS) is 57.0. The molecule has 1 heteroatoms. The second-order valence-electron chi connectivity index (χ2n) is 2.72. The number of hydrogen-bond acceptors (Lipinski definition) is 1. The van der Waals surface area contributed by atoms with Gasteiger partial charge in [0.15, 0.2) is 0 Å². The molecule has 1 nitrogen and oxygen atoms in total. The third-order valence-corrected chi connectivity index (χ3v) is 2.38. The molecule has 0 aromatic rings. The van der Waals surface area contributed by atoms with Crippen LogP contribution < -0.4 is 0 Å². The van der Waals surface area contributed by atoms with Crippen molar-refractivity contribution in [2.45, 2.75) is 6.92 Å². The first-order chi connectivity index (χ1) is 3.39. The van der Waals surface area contributed by atoms with E-state index in [4.69, 9.17) is 4.74 Å². The molecule has 2 fully saturated rings. The minimum atomic E-state index is 0.958. The van der Waals surface area contributed by atoms with E-state index in [-0.39, 0.29) is 0 Å². The molecule has 1 aliphatic carbocycles. The number of hydrogen-bond donors (Lipinski definition) is 0. The van der Waals surface area contributed by atoms with Crippen molar-refractivity contribution in [2.75, 3.05) is 13.2 Å². The average Bonchev–Trinajstić information content (AvgIpc) is 2.26. The highest BCUT2D eigenvalue weighted by Crippen LogP contribution is 2.49. The summed E-state index contributed by atoms with van der Waals surface area (Å²) in [6, 6.07) is 0. The van der Waals surface area contributed by atoms with Crippen molar-refractivity contribution >= 4 is 0 Å². The predicted octanol–water partition coefficient (Wildman–Crippen LogP) is 0.899. The van der Waals surface area contributed by atoms with Crippen molar-refractivity contribution in [2.24, 2.45) is 17.8 Å². The molecular weight excluding hydrogens is 88.1 g/mol. The molecule has 1 saturated carbocycles. The van der Waals surface area contributed by atoms with Crippen LogP contribution in [0.4, 0.5) is 0 Å². The molecule has 1 heterocycles. The Kier molecular flexibility index (Phi) is 0.571. The lowest BCUT2D eigenvalue weighted by Gasteiger charge is -1.93. The third kappa shape index (κ3) is 0.367. The fourth-order valence-electron chi connectivity index (χ4n) is 1.53. The molecule has 0 aromatic heterocycles. The molecule has 0 bridgehead atoms. The van der Waals surface area contributed by atoms with Gasteiger partial charge in [0.1, 0.15) is 0 Å². The molecule has 1 saturated heterocycles. The van der Waals surface area contributed by atoms with Crippen molar-refractivity contribution in [3.63, 3.8) is 0 Å². The average molecular weight is 98.1 g/mol. The lowest BCUT2D eigenvalue weighted by atomic mass is 10.4. The molecule has 7 heavy (non-hydrogen) atoms. The maximum absolute atomic E-state index is 5.18. The zero-order valence-corrected chi connectivity index (χ0v) is 4.55. The zero-order valence-electron chi connectivity index (χ0n) is 4.55. The van der Waals surface area contributed by atoms with Gasteiger partial charge in [-0.25, -0.2) is 0 Å². The van der Waals surface area contributed by atoms with E-state index < -0.39 is 0 Å². The van der Waals surface area contributed by atoms with Gasteiger partial charge < -0.3 is 4.74 Å². The van der Waals surface area contributed by atoms with Gasteiger partial charge >= 0.3 is 0 Å². The van der Waals surface area contributed by atoms with E-state index in [9.17, 15) is 0 Å². The Bertz CT molecular complexity index is 80.2. The first-order valence-electron chi connectivity index (χ1n) is 2.97. The van der Waals surface area contributed by atoms with Crippen LogP contribution in [0.25, 0.3) is 0 Å². The van der Waals surface area contributed by atoms with Crippen LogP contribution >= 0.6 is 0 Å². The molecule has 40 valence electrons. The topological polar surface area (TPSA) is 9.23 Å². The van der Waals surface area contributed by atoms with Gasteiger partial charge in [0.05, 0.1) is 13.2 Å². The molecule has 2 aliphatic rings. The summed E-state index contributed by atoms with van der Waals surface area (Å²) in [7, 11) is 0. The van der Waals surface area contributed by atoms with Crippen LogP contribution in [0.5, 0.6) is 0 Å². The second kappa shape index (κ2) is 1.03. The Morgan fingerprint density at radius 2 is 1.86 bits per heavy atom. The van der Waals surface area contributed by atoms with Crippen LogP contribution in [0.2, 0.25) is 0 Å². The van der Waals surface area contributed by atoms with Crippen LogP contribution in [-0.2, 0) is 4.74 Å². The van der Waals surface area contributed by atoms with E-state index >= 15 is 0 Å². The molecule has 1 aliphatic heterocycles. The van der Waals surface area contributed by atoms with Gasteiger partial charge in [-0.15, -0.1) is 0 Å². The smallest absolute Gasteiger partial charge is 0.0500 e. The van der Waals surface area contributed by atoms with E-state index in [1.54, 1.807) is 0 Å². The highest BCUT2D eigenvalue weighted by molar-refractivity contribution is 4.97. The first-order valence-corrected chi connectivity index (χ1v) is 2.97. The van der Waals surface area contributed by atoms with Gasteiger partial charge in [0.2, 0.25) is 0 Å². The van der Waals surface area contributed by atoms with Gasteiger partial charge in [0.25, 0.3) is 0 Å². The Morgan fingerprint density at radius 3 is 2.14 bits per heavy atom. The minimum absolute atomic E-state index is 0.958. The van der Waals surface area contributed by atoms with Crippen LogP contribution in [0.1, 0.15) is 6.92 Å². The molecular formula is C6H10O. The van der Waals surface area contributed by atoms with Gasteiger partial charge in [-0.05, 0) is 17.8 Å². The van der Waals surface area contributed by atoms with Gasteiger partial charge in [0, 0.05) is 0 Å². The van der Waals surface area contributed by atoms with Crippen LogP contribution in [-0.4, -0.2) is 13.2 Å². The van der Waals surface area contributed by atoms with Gasteiger partial charge in [-0.3, -0.25) is 0 Å². The van der Waals surface area contributed by atoms with Crippen molar-refractivity contribution in [3.8, 4) is 0 Å². The summed E-state index contributed by atoms with van der Waals surface area (Å²) in [6.07, 6.45) is 0. The zero-order chi connectivity index (χ0) is 4.85. The molecule has 2 rings (SSSR count). The summed E-state index contributed by atoms with van der Waals surface area (Å²) in [6.45, 7) is 4.41. The largest absolute Gasteiger partial charge is 0.381 e. The second-order valence-corrected chi connectivity index (χ2v) is 2.72. The SMILES string of the molecule is CC1[C@@H]2COC[C@@H]12. The number of rotatable bonds is 0. The fraction of sp³-hybridized carbons (Fsp3) is 1.00. The molecule has 0 aromatic carbocycles. The third-order valence-electron chi connectivity index (χ3n) is 2.38. The molecule has 0 radical (unpaired) electrons. The summed E-state index contributed by atoms with van der Waals surface area (Å²) >= 11 is 0. The molecule has 0 spiro atoms. The van der Waals surface area contributed by atoms with Crippen LogP contribution in [0.15, 0.2) is 0 Å². The number of ether oxygens (including phenoxy) is 1. The summed E-state index contributed by atoms with van der Waals surface area (Å²) in [5.41, 5.74) is 0. The minimum Gasteiger partial charge on any atom is -0.381 e. The highest BCUT2D eigenvalue weighted by atomic mass is 16.5.